The Morgan fingerprint density at radius 1 is 0.892 bits per heavy atom. The van der Waals surface area contributed by atoms with Gasteiger partial charge in [0.25, 0.3) is 0 Å². The average Bonchev–Trinajstić information content (AvgIpc) is 3.17. The average molecular weight is 598 g/mol. The van der Waals surface area contributed by atoms with Crippen molar-refractivity contribution >= 4 is 62.5 Å². The van der Waals surface area contributed by atoms with Crippen molar-refractivity contribution in [2.45, 2.75) is 29.5 Å². The molecule has 0 saturated carbocycles. The van der Waals surface area contributed by atoms with Crippen molar-refractivity contribution in [3.05, 3.63) is 99.0 Å². The SMILES string of the molecule is CCc1cc(Br)ccc1NC(=O)CCN1C(=O)[C@H]2[C@H](C1=O)C1(Cl)c3ccccc3C2(Cl)c2ccccc21. The van der Waals surface area contributed by atoms with E-state index in [2.05, 4.69) is 21.2 Å². The molecule has 3 amide bonds. The van der Waals surface area contributed by atoms with Gasteiger partial charge in [-0.1, -0.05) is 71.4 Å². The molecule has 1 saturated heterocycles. The van der Waals surface area contributed by atoms with E-state index in [-0.39, 0.29) is 30.7 Å². The van der Waals surface area contributed by atoms with Crippen LogP contribution >= 0.6 is 39.1 Å². The van der Waals surface area contributed by atoms with Gasteiger partial charge in [0.1, 0.15) is 9.75 Å². The molecule has 1 fully saturated rings. The van der Waals surface area contributed by atoms with Crippen molar-refractivity contribution in [1.29, 1.82) is 0 Å². The Hall–Kier alpha value is -2.67. The predicted molar refractivity (Wildman–Crippen MR) is 147 cm³/mol. The van der Waals surface area contributed by atoms with Crippen LogP contribution < -0.4 is 5.32 Å². The lowest BCUT2D eigenvalue weighted by atomic mass is 9.54. The molecule has 5 nitrogen and oxygen atoms in total. The molecule has 2 atom stereocenters. The molecule has 0 radical (unpaired) electrons. The Labute approximate surface area is 233 Å². The summed E-state index contributed by atoms with van der Waals surface area (Å²) >= 11 is 18.3. The topological polar surface area (TPSA) is 66.5 Å². The number of aryl methyl sites for hydroxylation is 1. The summed E-state index contributed by atoms with van der Waals surface area (Å²) in [6.07, 6.45) is 0.721. The number of alkyl halides is 2. The lowest BCUT2D eigenvalue weighted by Crippen LogP contribution is -2.57. The minimum atomic E-state index is -1.22. The number of amides is 3. The standard InChI is InChI=1S/C29H23BrCl2N2O3/c1-2-16-15-17(30)11-12-22(16)33-23(35)13-14-34-26(36)24-25(27(34)37)29(32)19-8-4-3-7-18(19)28(24,31)20-9-5-6-10-21(20)29/h3-12,15,24-25H,2,13-14H2,1H3,(H,33,35)/t24-,25-,28?,29?/m1/s1. The zero-order chi connectivity index (χ0) is 26.1. The molecular formula is C29H23BrCl2N2O3. The second kappa shape index (κ2) is 8.69. The third-order valence-electron chi connectivity index (χ3n) is 7.96. The molecule has 4 aliphatic rings. The molecule has 8 heteroatoms. The fourth-order valence-electron chi connectivity index (χ4n) is 6.35. The second-order valence-corrected chi connectivity index (χ2v) is 11.9. The van der Waals surface area contributed by atoms with Gasteiger partial charge in [-0.25, -0.2) is 0 Å². The predicted octanol–water partition coefficient (Wildman–Crippen LogP) is 5.93. The number of imide groups is 1. The van der Waals surface area contributed by atoms with E-state index in [1.165, 1.54) is 4.90 Å². The summed E-state index contributed by atoms with van der Waals surface area (Å²) in [4.78, 5) is 39.3. The van der Waals surface area contributed by atoms with Gasteiger partial charge in [0.15, 0.2) is 0 Å². The Bertz CT molecular complexity index is 1370. The Morgan fingerprint density at radius 2 is 1.38 bits per heavy atom. The summed E-state index contributed by atoms with van der Waals surface area (Å²) in [6.45, 7) is 1.97. The van der Waals surface area contributed by atoms with E-state index in [0.717, 1.165) is 38.7 Å². The first-order valence-electron chi connectivity index (χ1n) is 12.2. The summed E-state index contributed by atoms with van der Waals surface area (Å²) in [5.41, 5.74) is 4.74. The number of rotatable bonds is 5. The summed E-state index contributed by atoms with van der Waals surface area (Å²) in [6, 6.07) is 20.7. The molecule has 2 bridgehead atoms. The Morgan fingerprint density at radius 3 is 1.84 bits per heavy atom. The highest BCUT2D eigenvalue weighted by Crippen LogP contribution is 2.69. The zero-order valence-corrected chi connectivity index (χ0v) is 23.0. The quantitative estimate of drug-likeness (QED) is 0.293. The van der Waals surface area contributed by atoms with Crippen LogP contribution in [0.1, 0.15) is 41.2 Å². The number of carbonyl (C=O) groups is 3. The number of halogens is 3. The minimum absolute atomic E-state index is 0.0272. The molecular weight excluding hydrogens is 575 g/mol. The highest BCUT2D eigenvalue weighted by molar-refractivity contribution is 9.10. The van der Waals surface area contributed by atoms with Crippen molar-refractivity contribution < 1.29 is 14.4 Å². The highest BCUT2D eigenvalue weighted by atomic mass is 79.9. The smallest absolute Gasteiger partial charge is 0.235 e. The van der Waals surface area contributed by atoms with E-state index < -0.39 is 21.6 Å². The zero-order valence-electron chi connectivity index (χ0n) is 19.9. The number of nitrogens with one attached hydrogen (secondary N) is 1. The molecule has 188 valence electrons. The van der Waals surface area contributed by atoms with Gasteiger partial charge >= 0.3 is 0 Å². The van der Waals surface area contributed by atoms with Crippen LogP contribution in [0.4, 0.5) is 5.69 Å². The van der Waals surface area contributed by atoms with Crippen LogP contribution in [0.25, 0.3) is 0 Å². The van der Waals surface area contributed by atoms with Crippen molar-refractivity contribution in [1.82, 2.24) is 4.90 Å². The number of hydrogen-bond acceptors (Lipinski definition) is 3. The van der Waals surface area contributed by atoms with Crippen molar-refractivity contribution in [2.24, 2.45) is 11.8 Å². The van der Waals surface area contributed by atoms with Crippen LogP contribution in [0.3, 0.4) is 0 Å². The molecule has 3 aromatic carbocycles. The van der Waals surface area contributed by atoms with Gasteiger partial charge in [-0.2, -0.15) is 0 Å². The van der Waals surface area contributed by atoms with Crippen molar-refractivity contribution in [3.8, 4) is 0 Å². The van der Waals surface area contributed by atoms with Gasteiger partial charge in [0.2, 0.25) is 17.7 Å². The van der Waals surface area contributed by atoms with E-state index >= 15 is 0 Å². The lowest BCUT2D eigenvalue weighted by molar-refractivity contribution is -0.140. The Balaban J connectivity index is 1.32. The van der Waals surface area contributed by atoms with E-state index in [0.29, 0.717) is 5.69 Å². The van der Waals surface area contributed by atoms with E-state index in [4.69, 9.17) is 23.2 Å². The van der Waals surface area contributed by atoms with Crippen molar-refractivity contribution in [3.63, 3.8) is 0 Å². The highest BCUT2D eigenvalue weighted by Gasteiger charge is 2.72. The maximum absolute atomic E-state index is 13.8. The fourth-order valence-corrected chi connectivity index (χ4v) is 7.85. The molecule has 0 spiro atoms. The normalized spacial score (nSPS) is 27.1. The first kappa shape index (κ1) is 24.7. The van der Waals surface area contributed by atoms with Crippen LogP contribution in [0, 0.1) is 11.8 Å². The fraction of sp³-hybridized carbons (Fsp3) is 0.276. The maximum Gasteiger partial charge on any atom is 0.235 e. The molecule has 3 aliphatic carbocycles. The largest absolute Gasteiger partial charge is 0.326 e. The monoisotopic (exact) mass is 596 g/mol. The third-order valence-corrected chi connectivity index (χ3v) is 9.74. The van der Waals surface area contributed by atoms with Crippen LogP contribution in [0.15, 0.2) is 71.2 Å². The third kappa shape index (κ3) is 3.32. The van der Waals surface area contributed by atoms with Crippen LogP contribution in [-0.4, -0.2) is 29.2 Å². The van der Waals surface area contributed by atoms with Gasteiger partial charge in [0.05, 0.1) is 11.8 Å². The lowest BCUT2D eigenvalue weighted by Gasteiger charge is -2.54. The number of benzene rings is 3. The van der Waals surface area contributed by atoms with Crippen molar-refractivity contribution in [2.75, 3.05) is 11.9 Å². The van der Waals surface area contributed by atoms with Gasteiger partial charge in [0, 0.05) is 23.1 Å². The first-order valence-corrected chi connectivity index (χ1v) is 13.8. The van der Waals surface area contributed by atoms with Crippen LogP contribution in [-0.2, 0) is 30.6 Å². The number of hydrogen-bond donors (Lipinski definition) is 1. The molecule has 7 rings (SSSR count). The Kier molecular flexibility index (Phi) is 5.79. The van der Waals surface area contributed by atoms with E-state index in [9.17, 15) is 14.4 Å². The van der Waals surface area contributed by atoms with Gasteiger partial charge < -0.3 is 5.32 Å². The molecule has 1 heterocycles. The molecule has 1 N–H and O–H groups in total. The van der Waals surface area contributed by atoms with E-state index in [1.54, 1.807) is 0 Å². The van der Waals surface area contributed by atoms with Gasteiger partial charge in [-0.15, -0.1) is 23.2 Å². The summed E-state index contributed by atoms with van der Waals surface area (Å²) in [5, 5.41) is 2.92. The van der Waals surface area contributed by atoms with Crippen LogP contribution in [0.5, 0.6) is 0 Å². The summed E-state index contributed by atoms with van der Waals surface area (Å²) in [7, 11) is 0. The van der Waals surface area contributed by atoms with E-state index in [1.807, 2.05) is 73.7 Å². The first-order chi connectivity index (χ1) is 17.7. The summed E-state index contributed by atoms with van der Waals surface area (Å²) in [5.74, 6) is -2.76. The molecule has 3 aromatic rings. The number of likely N-dealkylation sites (tertiary alicyclic amines) is 1. The van der Waals surface area contributed by atoms with Crippen LogP contribution in [0.2, 0.25) is 0 Å². The summed E-state index contributed by atoms with van der Waals surface area (Å²) < 4.78 is 0.930. The number of carbonyl (C=O) groups excluding carboxylic acids is 3. The second-order valence-electron chi connectivity index (χ2n) is 9.75. The molecule has 0 aromatic heterocycles. The van der Waals surface area contributed by atoms with Gasteiger partial charge in [-0.3, -0.25) is 19.3 Å². The maximum atomic E-state index is 13.8. The number of nitrogens with zero attached hydrogens (tertiary/aromatic N) is 1. The number of anilines is 1. The molecule has 37 heavy (non-hydrogen) atoms. The molecule has 0 unspecified atom stereocenters. The molecule has 1 aliphatic heterocycles. The van der Waals surface area contributed by atoms with Gasteiger partial charge in [-0.05, 0) is 52.4 Å². The minimum Gasteiger partial charge on any atom is -0.326 e.